The first kappa shape index (κ1) is 25.2. The van der Waals surface area contributed by atoms with Gasteiger partial charge in [0.05, 0.1) is 25.6 Å². The van der Waals surface area contributed by atoms with E-state index in [1.165, 1.54) is 0 Å². The average molecular weight is 495 g/mol. The molecular weight excluding hydrogens is 473 g/mol. The van der Waals surface area contributed by atoms with Gasteiger partial charge in [-0.3, -0.25) is 18.9 Å². The number of rotatable bonds is 10. The Morgan fingerprint density at radius 3 is 2.67 bits per heavy atom. The monoisotopic (exact) mass is 495 g/mol. The van der Waals surface area contributed by atoms with Crippen molar-refractivity contribution in [1.29, 1.82) is 0 Å². The summed E-state index contributed by atoms with van der Waals surface area (Å²) in [6.45, 7) is -1.44. The lowest BCUT2D eigenvalue weighted by Gasteiger charge is -2.18. The van der Waals surface area contributed by atoms with E-state index >= 15 is 0 Å². The predicted molar refractivity (Wildman–Crippen MR) is 105 cm³/mol. The number of anilines is 1. The van der Waals surface area contributed by atoms with Crippen LogP contribution in [0, 0.1) is 0 Å². The van der Waals surface area contributed by atoms with Crippen molar-refractivity contribution in [2.75, 3.05) is 18.5 Å². The number of hydrogen-bond donors (Lipinski definition) is 9. The number of nitrogens with zero attached hydrogens (tertiary/aromatic N) is 3. The molecule has 0 bridgehead atoms. The van der Waals surface area contributed by atoms with Crippen LogP contribution < -0.4 is 10.9 Å². The molecule has 9 N–H and O–H groups in total. The van der Waals surface area contributed by atoms with Crippen molar-refractivity contribution in [3.8, 4) is 0 Å². The number of phosphoric acid groups is 1. The molecular formula is C15H22N5O12P. The lowest BCUT2D eigenvalue weighted by atomic mass is 10.1. The summed E-state index contributed by atoms with van der Waals surface area (Å²) < 4.78 is 21.7. The van der Waals surface area contributed by atoms with E-state index in [-0.39, 0.29) is 17.1 Å². The molecule has 0 radical (unpaired) electrons. The molecule has 6 atom stereocenters. The minimum atomic E-state index is -4.87. The number of phosphoric ester groups is 1. The number of nitrogens with one attached hydrogen (secondary N) is 2. The molecule has 2 aromatic rings. The second kappa shape index (κ2) is 9.80. The zero-order valence-electron chi connectivity index (χ0n) is 16.6. The van der Waals surface area contributed by atoms with Crippen molar-refractivity contribution in [2.24, 2.45) is 0 Å². The van der Waals surface area contributed by atoms with Gasteiger partial charge < -0.3 is 45.4 Å². The number of carboxylic acid groups (broad SMARTS) is 1. The molecule has 3 rings (SSSR count). The van der Waals surface area contributed by atoms with Gasteiger partial charge in [0.2, 0.25) is 5.95 Å². The average Bonchev–Trinajstić information content (AvgIpc) is 3.27. The van der Waals surface area contributed by atoms with Crippen molar-refractivity contribution >= 4 is 30.9 Å². The van der Waals surface area contributed by atoms with E-state index in [0.29, 0.717) is 0 Å². The first-order valence-corrected chi connectivity index (χ1v) is 10.9. The lowest BCUT2D eigenvalue weighted by Crippen LogP contribution is -2.35. The molecule has 3 heterocycles. The highest BCUT2D eigenvalue weighted by molar-refractivity contribution is 7.46. The molecule has 0 aromatic carbocycles. The van der Waals surface area contributed by atoms with Gasteiger partial charge in [-0.05, 0) is 0 Å². The molecule has 1 aliphatic heterocycles. The van der Waals surface area contributed by atoms with Crippen LogP contribution in [0.15, 0.2) is 11.1 Å². The summed E-state index contributed by atoms with van der Waals surface area (Å²) in [7, 11) is -4.87. The molecule has 0 amide bonds. The molecule has 2 aromatic heterocycles. The van der Waals surface area contributed by atoms with E-state index in [1.807, 2.05) is 0 Å². The Kier molecular flexibility index (Phi) is 7.47. The molecule has 1 fully saturated rings. The third kappa shape index (κ3) is 5.72. The van der Waals surface area contributed by atoms with Crippen LogP contribution in [-0.4, -0.2) is 104 Å². The summed E-state index contributed by atoms with van der Waals surface area (Å²) in [5, 5.41) is 50.7. The maximum atomic E-state index is 12.4. The molecule has 33 heavy (non-hydrogen) atoms. The van der Waals surface area contributed by atoms with E-state index in [4.69, 9.17) is 19.6 Å². The summed E-state index contributed by atoms with van der Waals surface area (Å²) >= 11 is 0. The summed E-state index contributed by atoms with van der Waals surface area (Å²) in [5.41, 5.74) is -1.19. The van der Waals surface area contributed by atoms with Gasteiger partial charge in [-0.15, -0.1) is 0 Å². The first-order valence-electron chi connectivity index (χ1n) is 9.38. The zero-order chi connectivity index (χ0) is 24.5. The third-order valence-electron chi connectivity index (χ3n) is 4.78. The predicted octanol–water partition coefficient (Wildman–Crippen LogP) is -3.54. The van der Waals surface area contributed by atoms with Crippen LogP contribution in [0.4, 0.5) is 5.95 Å². The number of H-pyrrole nitrogens is 1. The molecule has 2 unspecified atom stereocenters. The van der Waals surface area contributed by atoms with E-state index in [2.05, 4.69) is 24.8 Å². The topological polar surface area (TPSA) is 270 Å². The van der Waals surface area contributed by atoms with E-state index in [1.54, 1.807) is 0 Å². The Morgan fingerprint density at radius 1 is 1.36 bits per heavy atom. The van der Waals surface area contributed by atoms with Crippen LogP contribution >= 0.6 is 7.82 Å². The molecule has 1 aliphatic rings. The number of aliphatic carboxylic acids is 1. The number of aliphatic hydroxyl groups excluding tert-OH is 4. The number of carbonyl (C=O) groups is 1. The Balaban J connectivity index is 1.89. The summed E-state index contributed by atoms with van der Waals surface area (Å²) in [4.78, 5) is 51.6. The summed E-state index contributed by atoms with van der Waals surface area (Å²) in [5.74, 6) is -1.73. The fourth-order valence-corrected chi connectivity index (χ4v) is 3.52. The van der Waals surface area contributed by atoms with E-state index < -0.39 is 75.7 Å². The normalized spacial score (nSPS) is 25.3. The SMILES string of the molecule is O=C(O)C(CC(O)CO)Nc1nc2c(ncn2[C@@H]2O[C@H](COP(=O)(O)O)[C@@H](O)[C@H]2O)c(=O)[nH]1. The first-order chi connectivity index (χ1) is 15.4. The molecule has 17 nitrogen and oxygen atoms in total. The highest BCUT2D eigenvalue weighted by atomic mass is 31.2. The van der Waals surface area contributed by atoms with Gasteiger partial charge in [0.25, 0.3) is 5.56 Å². The number of carboxylic acids is 1. The number of hydrogen-bond acceptors (Lipinski definition) is 12. The Labute approximate surface area is 183 Å². The highest BCUT2D eigenvalue weighted by Crippen LogP contribution is 2.38. The molecule has 0 aliphatic carbocycles. The second-order valence-corrected chi connectivity index (χ2v) is 8.42. The number of fused-ring (bicyclic) bond motifs is 1. The molecule has 0 saturated carbocycles. The number of ether oxygens (including phenoxy) is 1. The van der Waals surface area contributed by atoms with Gasteiger partial charge in [0.1, 0.15) is 24.4 Å². The van der Waals surface area contributed by atoms with Crippen LogP contribution in [-0.2, 0) is 18.6 Å². The van der Waals surface area contributed by atoms with Gasteiger partial charge >= 0.3 is 13.8 Å². The zero-order valence-corrected chi connectivity index (χ0v) is 17.5. The van der Waals surface area contributed by atoms with Gasteiger partial charge in [-0.2, -0.15) is 4.98 Å². The Bertz CT molecular complexity index is 1100. The van der Waals surface area contributed by atoms with E-state index in [9.17, 15) is 34.6 Å². The quantitative estimate of drug-likeness (QED) is 0.144. The van der Waals surface area contributed by atoms with Crippen LogP contribution in [0.1, 0.15) is 12.6 Å². The van der Waals surface area contributed by atoms with Crippen molar-refractivity contribution in [2.45, 2.75) is 43.1 Å². The Morgan fingerprint density at radius 2 is 2.06 bits per heavy atom. The molecule has 184 valence electrons. The van der Waals surface area contributed by atoms with Crippen LogP contribution in [0.3, 0.4) is 0 Å². The second-order valence-electron chi connectivity index (χ2n) is 7.18. The maximum Gasteiger partial charge on any atom is 0.469 e. The minimum Gasteiger partial charge on any atom is -0.480 e. The van der Waals surface area contributed by atoms with Crippen molar-refractivity contribution in [1.82, 2.24) is 19.5 Å². The molecule has 0 spiro atoms. The number of imidazole rings is 1. The van der Waals surface area contributed by atoms with Gasteiger partial charge in [0.15, 0.2) is 17.4 Å². The van der Waals surface area contributed by atoms with Gasteiger partial charge in [0, 0.05) is 6.42 Å². The standard InChI is InChI=1S/C15H22N5O12P/c21-2-5(22)1-6(14(26)27)17-15-18-11-8(12(25)19-15)16-4-20(11)13-10(24)9(23)7(32-13)3-31-33(28,29)30/h4-7,9-10,13,21-24H,1-3H2,(H,26,27)(H2,28,29,30)(H2,17,18,19,25)/t5?,6?,7-,9-,10-,13-/m1/s1. The number of aromatic nitrogens is 4. The maximum absolute atomic E-state index is 12.4. The van der Waals surface area contributed by atoms with Gasteiger partial charge in [-0.25, -0.2) is 14.3 Å². The molecule has 18 heteroatoms. The Hall–Kier alpha value is -2.47. The van der Waals surface area contributed by atoms with Crippen LogP contribution in [0.2, 0.25) is 0 Å². The third-order valence-corrected chi connectivity index (χ3v) is 5.26. The summed E-state index contributed by atoms with van der Waals surface area (Å²) in [6, 6.07) is -1.44. The lowest BCUT2D eigenvalue weighted by molar-refractivity contribution is -0.138. The van der Waals surface area contributed by atoms with Crippen molar-refractivity contribution < 1.29 is 53.9 Å². The minimum absolute atomic E-state index is 0.180. The summed E-state index contributed by atoms with van der Waals surface area (Å²) in [6.07, 6.45) is -6.67. The van der Waals surface area contributed by atoms with Crippen molar-refractivity contribution in [3.05, 3.63) is 16.7 Å². The smallest absolute Gasteiger partial charge is 0.469 e. The van der Waals surface area contributed by atoms with Crippen LogP contribution in [0.5, 0.6) is 0 Å². The van der Waals surface area contributed by atoms with Crippen molar-refractivity contribution in [3.63, 3.8) is 0 Å². The fraction of sp³-hybridized carbons (Fsp3) is 0.600. The number of aliphatic hydroxyl groups is 4. The number of aromatic amines is 1. The highest BCUT2D eigenvalue weighted by Gasteiger charge is 2.45. The molecule has 1 saturated heterocycles. The van der Waals surface area contributed by atoms with Gasteiger partial charge in [-0.1, -0.05) is 0 Å². The fourth-order valence-electron chi connectivity index (χ4n) is 3.18. The van der Waals surface area contributed by atoms with E-state index in [0.717, 1.165) is 10.9 Å². The largest absolute Gasteiger partial charge is 0.480 e. The van der Waals surface area contributed by atoms with Crippen LogP contribution in [0.25, 0.3) is 11.2 Å².